The highest BCUT2D eigenvalue weighted by atomic mass is 16.5. The first kappa shape index (κ1) is 23.4. The predicted octanol–water partition coefficient (Wildman–Crippen LogP) is 5.61. The molecule has 2 N–H and O–H groups in total. The summed E-state index contributed by atoms with van der Waals surface area (Å²) in [5.41, 5.74) is 1.40. The van der Waals surface area contributed by atoms with E-state index in [4.69, 9.17) is 10.00 Å². The number of hydrogen-bond donors (Lipinski definition) is 2. The van der Waals surface area contributed by atoms with Gasteiger partial charge in [-0.25, -0.2) is 0 Å². The summed E-state index contributed by atoms with van der Waals surface area (Å²) < 4.78 is 6.13. The number of aryl methyl sites for hydroxylation is 1. The van der Waals surface area contributed by atoms with Crippen LogP contribution in [0.3, 0.4) is 0 Å². The van der Waals surface area contributed by atoms with Crippen LogP contribution in [0.1, 0.15) is 63.0 Å². The first-order chi connectivity index (χ1) is 15.4. The van der Waals surface area contributed by atoms with Crippen molar-refractivity contribution in [2.75, 3.05) is 0 Å². The Bertz CT molecular complexity index is 976. The molecular weight excluding hydrogens is 400 g/mol. The first-order valence-electron chi connectivity index (χ1n) is 11.3. The zero-order valence-electron chi connectivity index (χ0n) is 18.9. The van der Waals surface area contributed by atoms with Crippen molar-refractivity contribution in [3.05, 3.63) is 71.8 Å². The number of nitriles is 1. The molecule has 2 aromatic rings. The number of ether oxygens (including phenoxy) is 1. The van der Waals surface area contributed by atoms with Crippen LogP contribution in [-0.4, -0.2) is 16.6 Å². The number of carbonyl (C=O) groups is 1. The molecule has 2 aromatic carbocycles. The van der Waals surface area contributed by atoms with Crippen LogP contribution >= 0.6 is 0 Å². The van der Waals surface area contributed by atoms with Gasteiger partial charge in [-0.05, 0) is 68.2 Å². The van der Waals surface area contributed by atoms with Crippen molar-refractivity contribution in [3.63, 3.8) is 0 Å². The number of carbonyl (C=O) groups excluding carboxylic acids is 1. The molecular formula is C27H32N2O3. The van der Waals surface area contributed by atoms with E-state index in [0.717, 1.165) is 42.6 Å². The molecule has 168 valence electrons. The summed E-state index contributed by atoms with van der Waals surface area (Å²) in [6.07, 6.45) is 10.8. The number of nitrogens with one attached hydrogen (secondary N) is 1. The van der Waals surface area contributed by atoms with Crippen LogP contribution in [0.15, 0.2) is 60.7 Å². The molecule has 0 bridgehead atoms. The van der Waals surface area contributed by atoms with E-state index in [0.29, 0.717) is 12.3 Å². The highest BCUT2D eigenvalue weighted by Crippen LogP contribution is 2.44. The molecule has 1 unspecified atom stereocenters. The van der Waals surface area contributed by atoms with Gasteiger partial charge in [0.25, 0.3) is 0 Å². The maximum Gasteiger partial charge on any atom is 0.233 e. The fourth-order valence-corrected chi connectivity index (χ4v) is 4.47. The van der Waals surface area contributed by atoms with E-state index >= 15 is 0 Å². The second-order valence-electron chi connectivity index (χ2n) is 9.02. The molecule has 0 heterocycles. The second kappa shape index (κ2) is 10.9. The Kier molecular flexibility index (Phi) is 7.94. The molecule has 1 aliphatic rings. The van der Waals surface area contributed by atoms with Crippen LogP contribution in [0.25, 0.3) is 0 Å². The van der Waals surface area contributed by atoms with Crippen molar-refractivity contribution in [3.8, 4) is 17.7 Å². The SMILES string of the molecule is CC(C)(C/C=C/C1CCC[C@@H]1c1cccc(CCC(=O)NC#N)c1O)Oc1ccccc1. The summed E-state index contributed by atoms with van der Waals surface area (Å²) in [4.78, 5) is 11.6. The Morgan fingerprint density at radius 2 is 2.00 bits per heavy atom. The molecule has 0 aromatic heterocycles. The number of amides is 1. The topological polar surface area (TPSA) is 82.4 Å². The minimum atomic E-state index is -0.334. The molecule has 0 saturated heterocycles. The Hall–Kier alpha value is -3.26. The zero-order chi connectivity index (χ0) is 23.0. The van der Waals surface area contributed by atoms with Gasteiger partial charge in [-0.3, -0.25) is 10.1 Å². The number of aromatic hydroxyl groups is 1. The number of nitrogens with zero attached hydrogens (tertiary/aromatic N) is 1. The van der Waals surface area contributed by atoms with Gasteiger partial charge in [-0.1, -0.05) is 55.0 Å². The third-order valence-corrected chi connectivity index (χ3v) is 6.07. The monoisotopic (exact) mass is 432 g/mol. The molecule has 1 aliphatic carbocycles. The van der Waals surface area contributed by atoms with Gasteiger partial charge in [-0.15, -0.1) is 0 Å². The summed E-state index contributed by atoms with van der Waals surface area (Å²) in [5.74, 6) is 1.45. The standard InChI is InChI=1S/C27H32N2O3/c1-27(2,32-22-12-4-3-5-13-22)18-8-11-20-9-6-14-23(20)24-15-7-10-21(26(24)31)16-17-25(30)29-19-28/h3-5,7-8,10-13,15,20,23,31H,6,9,14,16-18H2,1-2H3,(H,29,30)/b11-8+/t20?,23-/m0/s1. The third kappa shape index (κ3) is 6.37. The average Bonchev–Trinajstić information content (AvgIpc) is 3.21. The predicted molar refractivity (Wildman–Crippen MR) is 125 cm³/mol. The number of hydrogen-bond acceptors (Lipinski definition) is 4. The first-order valence-corrected chi connectivity index (χ1v) is 11.3. The molecule has 0 radical (unpaired) electrons. The molecule has 0 aliphatic heterocycles. The van der Waals surface area contributed by atoms with Crippen molar-refractivity contribution < 1.29 is 14.6 Å². The summed E-state index contributed by atoms with van der Waals surface area (Å²) in [6.45, 7) is 4.18. The Morgan fingerprint density at radius 3 is 2.75 bits per heavy atom. The molecule has 5 heteroatoms. The van der Waals surface area contributed by atoms with E-state index < -0.39 is 0 Å². The van der Waals surface area contributed by atoms with Crippen LogP contribution < -0.4 is 10.1 Å². The zero-order valence-corrected chi connectivity index (χ0v) is 18.9. The number of para-hydroxylation sites is 2. The average molecular weight is 433 g/mol. The van der Waals surface area contributed by atoms with E-state index in [1.165, 1.54) is 0 Å². The summed E-state index contributed by atoms with van der Waals surface area (Å²) in [5, 5.41) is 21.6. The van der Waals surface area contributed by atoms with Crippen molar-refractivity contribution in [2.24, 2.45) is 5.92 Å². The molecule has 1 saturated carbocycles. The second-order valence-corrected chi connectivity index (χ2v) is 9.02. The molecule has 2 atom stereocenters. The van der Waals surface area contributed by atoms with Gasteiger partial charge in [0, 0.05) is 12.8 Å². The smallest absolute Gasteiger partial charge is 0.233 e. The Balaban J connectivity index is 1.64. The summed E-state index contributed by atoms with van der Waals surface area (Å²) in [6, 6.07) is 15.7. The lowest BCUT2D eigenvalue weighted by Gasteiger charge is -2.25. The van der Waals surface area contributed by atoms with Crippen LogP contribution in [0.5, 0.6) is 11.5 Å². The Labute approximate surface area is 190 Å². The van der Waals surface area contributed by atoms with Crippen molar-refractivity contribution in [2.45, 2.75) is 63.9 Å². The molecule has 1 amide bonds. The Morgan fingerprint density at radius 1 is 1.22 bits per heavy atom. The number of rotatable bonds is 9. The minimum Gasteiger partial charge on any atom is -0.507 e. The van der Waals surface area contributed by atoms with Gasteiger partial charge in [-0.2, -0.15) is 5.26 Å². The molecule has 1 fully saturated rings. The molecule has 5 nitrogen and oxygen atoms in total. The number of phenols is 1. The number of allylic oxidation sites excluding steroid dienone is 1. The highest BCUT2D eigenvalue weighted by Gasteiger charge is 2.29. The fourth-order valence-electron chi connectivity index (χ4n) is 4.47. The van der Waals surface area contributed by atoms with Crippen LogP contribution in [-0.2, 0) is 11.2 Å². The number of phenolic OH excluding ortho intramolecular Hbond substituents is 1. The van der Waals surface area contributed by atoms with Gasteiger partial charge in [0.15, 0.2) is 6.19 Å². The summed E-state index contributed by atoms with van der Waals surface area (Å²) in [7, 11) is 0. The van der Waals surface area contributed by atoms with Crippen molar-refractivity contribution >= 4 is 5.91 Å². The summed E-state index contributed by atoms with van der Waals surface area (Å²) >= 11 is 0. The number of benzene rings is 2. The largest absolute Gasteiger partial charge is 0.507 e. The molecule has 0 spiro atoms. The lowest BCUT2D eigenvalue weighted by molar-refractivity contribution is -0.119. The molecule has 3 rings (SSSR count). The van der Waals surface area contributed by atoms with Gasteiger partial charge >= 0.3 is 0 Å². The van der Waals surface area contributed by atoms with Gasteiger partial charge in [0.05, 0.1) is 0 Å². The van der Waals surface area contributed by atoms with Gasteiger partial charge in [0.1, 0.15) is 17.1 Å². The lowest BCUT2D eigenvalue weighted by atomic mass is 9.86. The van der Waals surface area contributed by atoms with Crippen LogP contribution in [0.4, 0.5) is 0 Å². The normalized spacial score (nSPS) is 18.4. The van der Waals surface area contributed by atoms with E-state index in [9.17, 15) is 9.90 Å². The third-order valence-electron chi connectivity index (χ3n) is 6.07. The maximum absolute atomic E-state index is 11.6. The van der Waals surface area contributed by atoms with Crippen LogP contribution in [0, 0.1) is 17.4 Å². The quantitative estimate of drug-likeness (QED) is 0.306. The highest BCUT2D eigenvalue weighted by molar-refractivity contribution is 5.77. The van der Waals surface area contributed by atoms with E-state index in [-0.39, 0.29) is 29.6 Å². The van der Waals surface area contributed by atoms with Crippen molar-refractivity contribution in [1.29, 1.82) is 5.26 Å². The minimum absolute atomic E-state index is 0.176. The van der Waals surface area contributed by atoms with Crippen molar-refractivity contribution in [1.82, 2.24) is 5.32 Å². The molecule has 32 heavy (non-hydrogen) atoms. The lowest BCUT2D eigenvalue weighted by Crippen LogP contribution is -2.27. The van der Waals surface area contributed by atoms with Crippen LogP contribution in [0.2, 0.25) is 0 Å². The van der Waals surface area contributed by atoms with E-state index in [1.54, 1.807) is 6.19 Å². The fraction of sp³-hybridized carbons (Fsp3) is 0.407. The maximum atomic E-state index is 11.6. The van der Waals surface area contributed by atoms with Gasteiger partial charge in [0.2, 0.25) is 5.91 Å². The van der Waals surface area contributed by atoms with E-state index in [2.05, 4.69) is 31.3 Å². The van der Waals surface area contributed by atoms with Gasteiger partial charge < -0.3 is 9.84 Å². The van der Waals surface area contributed by atoms with E-state index in [1.807, 2.05) is 48.5 Å².